The molecule has 0 N–H and O–H groups in total. The summed E-state index contributed by atoms with van der Waals surface area (Å²) < 4.78 is 44.1. The minimum absolute atomic E-state index is 0.287. The molecular formula is C18H14FN5O3S. The SMILES string of the molecule is COc1nccn2c(-c3ccnc(S(C)(=O)=O)n3)c(-c3ccc(F)cc3)nc12. The van der Waals surface area contributed by atoms with Crippen molar-refractivity contribution in [2.45, 2.75) is 5.16 Å². The van der Waals surface area contributed by atoms with E-state index in [0.717, 1.165) is 6.26 Å². The van der Waals surface area contributed by atoms with Gasteiger partial charge in [0.25, 0.3) is 5.88 Å². The number of fused-ring (bicyclic) bond motifs is 1. The molecule has 0 aliphatic heterocycles. The summed E-state index contributed by atoms with van der Waals surface area (Å²) in [6, 6.07) is 7.39. The molecule has 0 radical (unpaired) electrons. The molecule has 0 spiro atoms. The fourth-order valence-corrected chi connectivity index (χ4v) is 3.32. The van der Waals surface area contributed by atoms with E-state index < -0.39 is 9.84 Å². The van der Waals surface area contributed by atoms with Gasteiger partial charge in [0.05, 0.1) is 24.2 Å². The maximum absolute atomic E-state index is 13.4. The average Bonchev–Trinajstić information content (AvgIpc) is 3.07. The van der Waals surface area contributed by atoms with Gasteiger partial charge in [0, 0.05) is 30.4 Å². The summed E-state index contributed by atoms with van der Waals surface area (Å²) in [4.78, 5) is 16.8. The Morgan fingerprint density at radius 3 is 2.46 bits per heavy atom. The lowest BCUT2D eigenvalue weighted by Crippen LogP contribution is -2.05. The second-order valence-electron chi connectivity index (χ2n) is 5.94. The summed E-state index contributed by atoms with van der Waals surface area (Å²) >= 11 is 0. The van der Waals surface area contributed by atoms with E-state index in [1.807, 2.05) is 0 Å². The first-order valence-corrected chi connectivity index (χ1v) is 9.98. The first kappa shape index (κ1) is 18.0. The van der Waals surface area contributed by atoms with Crippen molar-refractivity contribution in [3.63, 3.8) is 0 Å². The van der Waals surface area contributed by atoms with E-state index >= 15 is 0 Å². The van der Waals surface area contributed by atoms with Crippen LogP contribution in [0.2, 0.25) is 0 Å². The molecule has 0 fully saturated rings. The molecule has 28 heavy (non-hydrogen) atoms. The summed E-state index contributed by atoms with van der Waals surface area (Å²) in [5.41, 5.74) is 2.37. The van der Waals surface area contributed by atoms with E-state index in [0.29, 0.717) is 28.3 Å². The highest BCUT2D eigenvalue weighted by atomic mass is 32.2. The van der Waals surface area contributed by atoms with E-state index in [1.54, 1.807) is 28.8 Å². The van der Waals surface area contributed by atoms with Gasteiger partial charge in [-0.3, -0.25) is 4.40 Å². The van der Waals surface area contributed by atoms with Gasteiger partial charge < -0.3 is 4.74 Å². The van der Waals surface area contributed by atoms with Crippen molar-refractivity contribution in [2.24, 2.45) is 0 Å². The van der Waals surface area contributed by atoms with Crippen molar-refractivity contribution in [1.29, 1.82) is 0 Å². The van der Waals surface area contributed by atoms with Gasteiger partial charge in [-0.15, -0.1) is 0 Å². The first-order valence-electron chi connectivity index (χ1n) is 8.09. The van der Waals surface area contributed by atoms with E-state index in [9.17, 15) is 12.8 Å². The summed E-state index contributed by atoms with van der Waals surface area (Å²) in [5, 5.41) is -0.300. The van der Waals surface area contributed by atoms with Crippen LogP contribution in [0.5, 0.6) is 5.88 Å². The second kappa shape index (κ2) is 6.64. The third kappa shape index (κ3) is 3.07. The van der Waals surface area contributed by atoms with Crippen LogP contribution in [0, 0.1) is 5.82 Å². The number of ether oxygens (including phenoxy) is 1. The van der Waals surface area contributed by atoms with Gasteiger partial charge in [0.1, 0.15) is 5.82 Å². The summed E-state index contributed by atoms with van der Waals surface area (Å²) in [5.74, 6) is -0.0933. The number of hydrogen-bond donors (Lipinski definition) is 0. The van der Waals surface area contributed by atoms with Crippen LogP contribution in [0.25, 0.3) is 28.3 Å². The number of rotatable bonds is 4. The topological polar surface area (TPSA) is 99.3 Å². The Morgan fingerprint density at radius 2 is 1.79 bits per heavy atom. The Labute approximate surface area is 159 Å². The molecule has 1 aromatic carbocycles. The zero-order chi connectivity index (χ0) is 19.9. The van der Waals surface area contributed by atoms with E-state index in [2.05, 4.69) is 19.9 Å². The Morgan fingerprint density at radius 1 is 1.04 bits per heavy atom. The molecule has 0 atom stereocenters. The van der Waals surface area contributed by atoms with E-state index in [4.69, 9.17) is 4.74 Å². The lowest BCUT2D eigenvalue weighted by Gasteiger charge is -2.06. The standard InChI is InChI=1S/C18H14FN5O3S/c1-27-17-16-23-14(11-3-5-12(19)6-4-11)15(24(16)10-9-20-17)13-7-8-21-18(22-13)28(2,25)26/h3-10H,1-2H3. The zero-order valence-corrected chi connectivity index (χ0v) is 15.7. The Balaban J connectivity index is 2.06. The molecule has 4 rings (SSSR count). The minimum atomic E-state index is -3.60. The lowest BCUT2D eigenvalue weighted by atomic mass is 10.1. The highest BCUT2D eigenvalue weighted by molar-refractivity contribution is 7.90. The average molecular weight is 399 g/mol. The molecule has 0 amide bonds. The molecule has 0 saturated carbocycles. The predicted octanol–water partition coefficient (Wildman–Crippen LogP) is 2.40. The Bertz CT molecular complexity index is 1290. The number of methoxy groups -OCH3 is 1. The van der Waals surface area contributed by atoms with Crippen LogP contribution in [-0.4, -0.2) is 46.1 Å². The van der Waals surface area contributed by atoms with Gasteiger partial charge in [0.2, 0.25) is 20.6 Å². The molecule has 0 aliphatic carbocycles. The van der Waals surface area contributed by atoms with E-state index in [1.165, 1.54) is 31.6 Å². The number of nitrogens with zero attached hydrogens (tertiary/aromatic N) is 5. The van der Waals surface area contributed by atoms with Crippen LogP contribution in [0.4, 0.5) is 4.39 Å². The third-order valence-electron chi connectivity index (χ3n) is 4.03. The largest absolute Gasteiger partial charge is 0.478 e. The van der Waals surface area contributed by atoms with Crippen LogP contribution in [0.15, 0.2) is 54.1 Å². The Hall–Kier alpha value is -3.40. The smallest absolute Gasteiger partial charge is 0.258 e. The third-order valence-corrected chi connectivity index (χ3v) is 4.89. The van der Waals surface area contributed by atoms with Crippen LogP contribution in [-0.2, 0) is 9.84 Å². The summed E-state index contributed by atoms with van der Waals surface area (Å²) in [7, 11) is -2.13. The van der Waals surface area contributed by atoms with Crippen molar-refractivity contribution in [3.8, 4) is 28.5 Å². The van der Waals surface area contributed by atoms with Crippen LogP contribution >= 0.6 is 0 Å². The highest BCUT2D eigenvalue weighted by Crippen LogP contribution is 2.34. The molecular weight excluding hydrogens is 385 g/mol. The van der Waals surface area contributed by atoms with Crippen molar-refractivity contribution >= 4 is 15.5 Å². The van der Waals surface area contributed by atoms with Gasteiger partial charge in [-0.1, -0.05) is 0 Å². The van der Waals surface area contributed by atoms with Gasteiger partial charge in [-0.05, 0) is 30.3 Å². The molecule has 0 unspecified atom stereocenters. The van der Waals surface area contributed by atoms with Gasteiger partial charge in [0.15, 0.2) is 0 Å². The van der Waals surface area contributed by atoms with Gasteiger partial charge in [-0.25, -0.2) is 32.7 Å². The number of imidazole rings is 1. The van der Waals surface area contributed by atoms with Crippen LogP contribution in [0.3, 0.4) is 0 Å². The fraction of sp³-hybridized carbons (Fsp3) is 0.111. The van der Waals surface area contributed by atoms with Crippen molar-refractivity contribution < 1.29 is 17.5 Å². The van der Waals surface area contributed by atoms with Crippen molar-refractivity contribution in [1.82, 2.24) is 24.3 Å². The quantitative estimate of drug-likeness (QED) is 0.486. The number of hydrogen-bond acceptors (Lipinski definition) is 7. The monoisotopic (exact) mass is 399 g/mol. The normalized spacial score (nSPS) is 11.7. The number of benzene rings is 1. The van der Waals surface area contributed by atoms with Gasteiger partial charge in [-0.2, -0.15) is 0 Å². The van der Waals surface area contributed by atoms with Crippen molar-refractivity contribution in [3.05, 3.63) is 54.7 Å². The molecule has 0 bridgehead atoms. The lowest BCUT2D eigenvalue weighted by molar-refractivity contribution is 0.400. The molecule has 3 aromatic heterocycles. The molecule has 10 heteroatoms. The van der Waals surface area contributed by atoms with Crippen LogP contribution < -0.4 is 4.74 Å². The fourth-order valence-electron chi connectivity index (χ4n) is 2.80. The number of aromatic nitrogens is 5. The molecule has 8 nitrogen and oxygen atoms in total. The van der Waals surface area contributed by atoms with E-state index in [-0.39, 0.29) is 16.9 Å². The molecule has 0 aliphatic rings. The Kier molecular flexibility index (Phi) is 4.27. The first-order chi connectivity index (χ1) is 13.4. The summed E-state index contributed by atoms with van der Waals surface area (Å²) in [6.07, 6.45) is 5.60. The number of sulfone groups is 1. The minimum Gasteiger partial charge on any atom is -0.478 e. The van der Waals surface area contributed by atoms with Crippen LogP contribution in [0.1, 0.15) is 0 Å². The molecule has 142 valence electrons. The maximum atomic E-state index is 13.4. The maximum Gasteiger partial charge on any atom is 0.258 e. The number of halogens is 1. The second-order valence-corrected chi connectivity index (χ2v) is 7.85. The molecule has 4 aromatic rings. The van der Waals surface area contributed by atoms with Crippen molar-refractivity contribution in [2.75, 3.05) is 13.4 Å². The highest BCUT2D eigenvalue weighted by Gasteiger charge is 2.21. The molecule has 3 heterocycles. The zero-order valence-electron chi connectivity index (χ0n) is 14.9. The predicted molar refractivity (Wildman–Crippen MR) is 99.1 cm³/mol. The summed E-state index contributed by atoms with van der Waals surface area (Å²) in [6.45, 7) is 0. The van der Waals surface area contributed by atoms with Gasteiger partial charge >= 0.3 is 0 Å². The molecule has 0 saturated heterocycles.